The predicted octanol–water partition coefficient (Wildman–Crippen LogP) is 4.91. The molecule has 28 heavy (non-hydrogen) atoms. The molecule has 150 valence electrons. The van der Waals surface area contributed by atoms with Crippen LogP contribution in [0.1, 0.15) is 25.5 Å². The monoisotopic (exact) mass is 398 g/mol. The van der Waals surface area contributed by atoms with E-state index in [2.05, 4.69) is 41.4 Å². The van der Waals surface area contributed by atoms with E-state index >= 15 is 0 Å². The molecule has 1 unspecified atom stereocenters. The van der Waals surface area contributed by atoms with E-state index in [0.29, 0.717) is 6.73 Å². The van der Waals surface area contributed by atoms with Crippen molar-refractivity contribution in [1.82, 2.24) is 19.3 Å². The van der Waals surface area contributed by atoms with Gasteiger partial charge in [-0.2, -0.15) is 5.10 Å². The molecule has 0 spiro atoms. The van der Waals surface area contributed by atoms with E-state index in [1.54, 1.807) is 0 Å². The maximum atomic E-state index is 6.08. The highest BCUT2D eigenvalue weighted by Crippen LogP contribution is 2.30. The third kappa shape index (κ3) is 4.21. The Morgan fingerprint density at radius 2 is 2.04 bits per heavy atom. The van der Waals surface area contributed by atoms with Gasteiger partial charge in [0.25, 0.3) is 0 Å². The van der Waals surface area contributed by atoms with Crippen molar-refractivity contribution in [2.24, 2.45) is 0 Å². The van der Waals surface area contributed by atoms with E-state index in [9.17, 15) is 0 Å². The average Bonchev–Trinajstić information content (AvgIpc) is 3.30. The van der Waals surface area contributed by atoms with Crippen LogP contribution < -0.4 is 0 Å². The molecule has 2 aromatic heterocycles. The fraction of sp³-hybridized carbons (Fsp3) is 0.524. The number of para-hydroxylation sites is 2. The number of fused-ring (bicyclic) bond motifs is 1. The third-order valence-corrected chi connectivity index (χ3v) is 6.90. The highest BCUT2D eigenvalue weighted by Gasteiger charge is 2.23. The van der Waals surface area contributed by atoms with Crippen LogP contribution in [0.2, 0.25) is 25.7 Å². The Balaban J connectivity index is 1.65. The molecule has 0 N–H and O–H groups in total. The van der Waals surface area contributed by atoms with Gasteiger partial charge in [0, 0.05) is 27.5 Å². The molecule has 0 aliphatic carbocycles. The number of rotatable bonds is 7. The summed E-state index contributed by atoms with van der Waals surface area (Å²) in [4.78, 5) is 4.91. The lowest BCUT2D eigenvalue weighted by Crippen LogP contribution is -2.22. The highest BCUT2D eigenvalue weighted by molar-refractivity contribution is 6.76. The Labute approximate surface area is 167 Å². The number of aromatic nitrogens is 4. The van der Waals surface area contributed by atoms with E-state index in [1.807, 2.05) is 29.1 Å². The minimum absolute atomic E-state index is 0.0141. The molecule has 3 heterocycles. The first-order chi connectivity index (χ1) is 13.5. The zero-order valence-electron chi connectivity index (χ0n) is 17.1. The maximum absolute atomic E-state index is 6.08. The molecular weight excluding hydrogens is 368 g/mol. The number of nitrogens with zero attached hydrogens (tertiary/aromatic N) is 4. The zero-order chi connectivity index (χ0) is 19.6. The SMILES string of the molecule is C[Si](C)(C)CCOCn1c(-c2ccnn2C2CCCCO2)nc2ccccc21. The molecule has 0 saturated carbocycles. The summed E-state index contributed by atoms with van der Waals surface area (Å²) in [6.45, 7) is 9.19. The van der Waals surface area contributed by atoms with Gasteiger partial charge >= 0.3 is 0 Å². The lowest BCUT2D eigenvalue weighted by atomic mass is 10.2. The average molecular weight is 399 g/mol. The van der Waals surface area contributed by atoms with Crippen LogP contribution in [0, 0.1) is 0 Å². The molecule has 1 aromatic carbocycles. The van der Waals surface area contributed by atoms with Gasteiger partial charge in [0.2, 0.25) is 0 Å². The summed E-state index contributed by atoms with van der Waals surface area (Å²) < 4.78 is 16.2. The number of benzene rings is 1. The Hall–Kier alpha value is -1.96. The second-order valence-electron chi connectivity index (χ2n) is 8.68. The van der Waals surface area contributed by atoms with E-state index in [4.69, 9.17) is 14.5 Å². The second-order valence-corrected chi connectivity index (χ2v) is 14.3. The Kier molecular flexibility index (Phi) is 5.66. The van der Waals surface area contributed by atoms with Crippen molar-refractivity contribution in [1.29, 1.82) is 0 Å². The molecule has 0 amide bonds. The summed E-state index contributed by atoms with van der Waals surface area (Å²) in [6.07, 6.45) is 5.10. The molecule has 1 aliphatic heterocycles. The topological polar surface area (TPSA) is 54.1 Å². The Bertz CT molecular complexity index is 922. The largest absolute Gasteiger partial charge is 0.361 e. The van der Waals surface area contributed by atoms with Crippen LogP contribution in [-0.2, 0) is 16.2 Å². The molecular formula is C21H30N4O2Si. The fourth-order valence-corrected chi connectivity index (χ4v) is 4.33. The predicted molar refractivity (Wildman–Crippen MR) is 114 cm³/mol. The van der Waals surface area contributed by atoms with Crippen LogP contribution >= 0.6 is 0 Å². The Morgan fingerprint density at radius 1 is 1.18 bits per heavy atom. The minimum atomic E-state index is -1.11. The lowest BCUT2D eigenvalue weighted by Gasteiger charge is -2.24. The number of hydrogen-bond donors (Lipinski definition) is 0. The van der Waals surface area contributed by atoms with Crippen LogP contribution in [0.5, 0.6) is 0 Å². The van der Waals surface area contributed by atoms with Crippen molar-refractivity contribution < 1.29 is 9.47 Å². The van der Waals surface area contributed by atoms with Crippen molar-refractivity contribution in [3.05, 3.63) is 36.5 Å². The zero-order valence-corrected chi connectivity index (χ0v) is 18.1. The van der Waals surface area contributed by atoms with Crippen molar-refractivity contribution in [3.8, 4) is 11.5 Å². The molecule has 4 rings (SSSR count). The van der Waals surface area contributed by atoms with Crippen LogP contribution in [0.25, 0.3) is 22.6 Å². The summed E-state index contributed by atoms with van der Waals surface area (Å²) in [6, 6.07) is 11.4. The van der Waals surface area contributed by atoms with Crippen molar-refractivity contribution >= 4 is 19.1 Å². The van der Waals surface area contributed by atoms with E-state index in [1.165, 1.54) is 6.42 Å². The summed E-state index contributed by atoms with van der Waals surface area (Å²) in [5.74, 6) is 0.890. The van der Waals surface area contributed by atoms with E-state index in [0.717, 1.165) is 54.7 Å². The fourth-order valence-electron chi connectivity index (χ4n) is 3.57. The van der Waals surface area contributed by atoms with E-state index < -0.39 is 8.07 Å². The summed E-state index contributed by atoms with van der Waals surface area (Å²) >= 11 is 0. The highest BCUT2D eigenvalue weighted by atomic mass is 28.3. The molecule has 3 aromatic rings. The van der Waals surface area contributed by atoms with Gasteiger partial charge in [-0.3, -0.25) is 4.57 Å². The van der Waals surface area contributed by atoms with Crippen LogP contribution in [0.15, 0.2) is 36.5 Å². The quantitative estimate of drug-likeness (QED) is 0.419. The molecule has 0 bridgehead atoms. The van der Waals surface area contributed by atoms with Crippen LogP contribution in [0.3, 0.4) is 0 Å². The molecule has 0 radical (unpaired) electrons. The van der Waals surface area contributed by atoms with Gasteiger partial charge in [-0.1, -0.05) is 31.8 Å². The second kappa shape index (κ2) is 8.19. The first kappa shape index (κ1) is 19.4. The van der Waals surface area contributed by atoms with Gasteiger partial charge in [0.05, 0.1) is 11.0 Å². The molecule has 6 nitrogen and oxygen atoms in total. The number of imidazole rings is 1. The van der Waals surface area contributed by atoms with Crippen molar-refractivity contribution in [2.45, 2.75) is 57.9 Å². The minimum Gasteiger partial charge on any atom is -0.361 e. The van der Waals surface area contributed by atoms with Gasteiger partial charge in [0.15, 0.2) is 12.1 Å². The number of ether oxygens (including phenoxy) is 2. The van der Waals surface area contributed by atoms with Crippen molar-refractivity contribution in [3.63, 3.8) is 0 Å². The first-order valence-electron chi connectivity index (χ1n) is 10.2. The third-order valence-electron chi connectivity index (χ3n) is 5.20. The molecule has 1 aliphatic rings. The molecule has 1 saturated heterocycles. The van der Waals surface area contributed by atoms with Crippen LogP contribution in [-0.4, -0.2) is 40.6 Å². The number of hydrogen-bond acceptors (Lipinski definition) is 4. The summed E-state index contributed by atoms with van der Waals surface area (Å²) in [5, 5.41) is 4.56. The van der Waals surface area contributed by atoms with Crippen LogP contribution in [0.4, 0.5) is 0 Å². The smallest absolute Gasteiger partial charge is 0.161 e. The van der Waals surface area contributed by atoms with Gasteiger partial charge in [-0.25, -0.2) is 9.67 Å². The Morgan fingerprint density at radius 3 is 2.82 bits per heavy atom. The summed E-state index contributed by atoms with van der Waals surface area (Å²) in [7, 11) is -1.11. The van der Waals surface area contributed by atoms with E-state index in [-0.39, 0.29) is 6.23 Å². The molecule has 1 fully saturated rings. The van der Waals surface area contributed by atoms with Gasteiger partial charge < -0.3 is 9.47 Å². The molecule has 7 heteroatoms. The first-order valence-corrected chi connectivity index (χ1v) is 13.9. The van der Waals surface area contributed by atoms with Gasteiger partial charge in [-0.05, 0) is 43.5 Å². The van der Waals surface area contributed by atoms with Gasteiger partial charge in [0.1, 0.15) is 12.4 Å². The molecule has 1 atom stereocenters. The normalized spacial score (nSPS) is 18.0. The lowest BCUT2D eigenvalue weighted by molar-refractivity contribution is -0.0385. The van der Waals surface area contributed by atoms with Crippen molar-refractivity contribution in [2.75, 3.05) is 13.2 Å². The summed E-state index contributed by atoms with van der Waals surface area (Å²) in [5.41, 5.74) is 3.04. The van der Waals surface area contributed by atoms with Gasteiger partial charge in [-0.15, -0.1) is 0 Å². The standard InChI is InChI=1S/C21H30N4O2Si/c1-28(2,3)15-14-26-16-24-18-9-5-4-8-17(18)23-21(24)19-11-12-22-25(19)20-10-6-7-13-27-20/h4-5,8-9,11-12,20H,6-7,10,13-16H2,1-3H3. The maximum Gasteiger partial charge on any atom is 0.161 e.